The van der Waals surface area contributed by atoms with Crippen LogP contribution in [0.15, 0.2) is 34.1 Å². The molecule has 2 N–H and O–H groups in total. The van der Waals surface area contributed by atoms with Crippen molar-refractivity contribution in [3.05, 3.63) is 24.3 Å². The number of hydrogen-bond donors (Lipinski definition) is 2. The first-order valence-corrected chi connectivity index (χ1v) is 9.92. The fourth-order valence-electron chi connectivity index (χ4n) is 2.53. The van der Waals surface area contributed by atoms with Crippen LogP contribution in [-0.2, 0) is 20.0 Å². The largest absolute Gasteiger partial charge is 0.319 e. The second kappa shape index (κ2) is 6.63. The van der Waals surface area contributed by atoms with Gasteiger partial charge in [-0.05, 0) is 57.2 Å². The molecule has 1 aromatic carbocycles. The summed E-state index contributed by atoms with van der Waals surface area (Å²) >= 11 is 0. The molecule has 1 aliphatic heterocycles. The van der Waals surface area contributed by atoms with E-state index in [1.54, 1.807) is 0 Å². The topological polar surface area (TPSA) is 95.6 Å². The molecule has 0 aromatic heterocycles. The third-order valence-corrected chi connectivity index (χ3v) is 7.09. The highest BCUT2D eigenvalue weighted by Crippen LogP contribution is 2.24. The quantitative estimate of drug-likeness (QED) is 0.745. The summed E-state index contributed by atoms with van der Waals surface area (Å²) in [6, 6.07) is 5.29. The Hall–Kier alpha value is -1.00. The van der Waals surface area contributed by atoms with Gasteiger partial charge in [0.1, 0.15) is 0 Å². The maximum Gasteiger partial charge on any atom is 0.243 e. The summed E-state index contributed by atoms with van der Waals surface area (Å²) in [7, 11) is -3.97. The molecule has 2 rings (SSSR count). The standard InChI is InChI=1S/C13H21N3O4S2/c1-14-9-11-7-8-16(10-11)22(19,20)13-5-3-12(4-6-13)21(17,18)15-2/h3-6,11,14-15H,7-10H2,1-2H3. The molecule has 0 spiro atoms. The minimum absolute atomic E-state index is 0.0448. The first kappa shape index (κ1) is 17.4. The second-order valence-corrected chi connectivity index (χ2v) is 9.08. The van der Waals surface area contributed by atoms with E-state index in [-0.39, 0.29) is 9.79 Å². The number of nitrogens with zero attached hydrogens (tertiary/aromatic N) is 1. The summed E-state index contributed by atoms with van der Waals surface area (Å²) in [5.41, 5.74) is 0. The van der Waals surface area contributed by atoms with Gasteiger partial charge in [0.2, 0.25) is 20.0 Å². The van der Waals surface area contributed by atoms with Crippen molar-refractivity contribution in [1.29, 1.82) is 0 Å². The van der Waals surface area contributed by atoms with Crippen molar-refractivity contribution in [2.45, 2.75) is 16.2 Å². The van der Waals surface area contributed by atoms with Crippen LogP contribution in [0.4, 0.5) is 0 Å². The van der Waals surface area contributed by atoms with Crippen LogP contribution in [0.25, 0.3) is 0 Å². The molecule has 1 aliphatic rings. The van der Waals surface area contributed by atoms with Gasteiger partial charge in [-0.25, -0.2) is 21.6 Å². The van der Waals surface area contributed by atoms with Gasteiger partial charge in [-0.1, -0.05) is 0 Å². The third kappa shape index (κ3) is 3.49. The third-order valence-electron chi connectivity index (χ3n) is 3.78. The minimum Gasteiger partial charge on any atom is -0.319 e. The zero-order valence-electron chi connectivity index (χ0n) is 12.6. The minimum atomic E-state index is -3.57. The summed E-state index contributed by atoms with van der Waals surface area (Å²) in [4.78, 5) is 0.163. The van der Waals surface area contributed by atoms with Crippen molar-refractivity contribution in [2.24, 2.45) is 5.92 Å². The lowest BCUT2D eigenvalue weighted by Gasteiger charge is -2.17. The summed E-state index contributed by atoms with van der Waals surface area (Å²) in [5, 5.41) is 3.06. The Bertz CT molecular complexity index is 714. The van der Waals surface area contributed by atoms with Crippen LogP contribution in [0.5, 0.6) is 0 Å². The van der Waals surface area contributed by atoms with Crippen molar-refractivity contribution < 1.29 is 16.8 Å². The fraction of sp³-hybridized carbons (Fsp3) is 0.538. The normalized spacial score (nSPS) is 20.4. The average molecular weight is 347 g/mol. The lowest BCUT2D eigenvalue weighted by Crippen LogP contribution is -2.30. The van der Waals surface area contributed by atoms with Crippen LogP contribution in [0.3, 0.4) is 0 Å². The number of hydrogen-bond acceptors (Lipinski definition) is 5. The SMILES string of the molecule is CNCC1CCN(S(=O)(=O)c2ccc(S(=O)(=O)NC)cc2)C1. The van der Waals surface area contributed by atoms with Crippen molar-refractivity contribution in [2.75, 3.05) is 33.7 Å². The molecule has 9 heteroatoms. The van der Waals surface area contributed by atoms with Crippen molar-refractivity contribution in [3.63, 3.8) is 0 Å². The van der Waals surface area contributed by atoms with E-state index in [2.05, 4.69) is 10.0 Å². The van der Waals surface area contributed by atoms with Gasteiger partial charge in [-0.2, -0.15) is 4.31 Å². The Labute approximate surface area is 131 Å². The Morgan fingerprint density at radius 3 is 2.23 bits per heavy atom. The van der Waals surface area contributed by atoms with Gasteiger partial charge >= 0.3 is 0 Å². The predicted molar refractivity (Wildman–Crippen MR) is 83.5 cm³/mol. The lowest BCUT2D eigenvalue weighted by atomic mass is 10.1. The average Bonchev–Trinajstić information content (AvgIpc) is 2.97. The molecule has 0 aliphatic carbocycles. The molecule has 0 saturated carbocycles. The highest BCUT2D eigenvalue weighted by molar-refractivity contribution is 7.89. The molecule has 1 atom stereocenters. The van der Waals surface area contributed by atoms with Gasteiger partial charge in [0.05, 0.1) is 9.79 Å². The Morgan fingerprint density at radius 1 is 1.09 bits per heavy atom. The fourth-order valence-corrected chi connectivity index (χ4v) is 4.79. The number of benzene rings is 1. The lowest BCUT2D eigenvalue weighted by molar-refractivity contribution is 0.451. The van der Waals surface area contributed by atoms with Gasteiger partial charge in [-0.15, -0.1) is 0 Å². The molecule has 1 fully saturated rings. The maximum atomic E-state index is 12.6. The summed E-state index contributed by atoms with van der Waals surface area (Å²) in [6.45, 7) is 1.76. The molecule has 0 amide bonds. The second-order valence-electron chi connectivity index (χ2n) is 5.25. The van der Waals surface area contributed by atoms with Crippen molar-refractivity contribution in [1.82, 2.24) is 14.3 Å². The molecule has 1 unspecified atom stereocenters. The Kier molecular flexibility index (Phi) is 5.23. The van der Waals surface area contributed by atoms with Gasteiger partial charge < -0.3 is 5.32 Å². The first-order valence-electron chi connectivity index (χ1n) is 6.99. The molecule has 1 heterocycles. The van der Waals surface area contributed by atoms with E-state index < -0.39 is 20.0 Å². The Balaban J connectivity index is 2.21. The zero-order chi connectivity index (χ0) is 16.4. The molecule has 7 nitrogen and oxygen atoms in total. The van der Waals surface area contributed by atoms with Gasteiger partial charge in [0, 0.05) is 13.1 Å². The summed E-state index contributed by atoms with van der Waals surface area (Å²) < 4.78 is 52.1. The monoisotopic (exact) mass is 347 g/mol. The molecule has 1 aromatic rings. The van der Waals surface area contributed by atoms with Gasteiger partial charge in [0.15, 0.2) is 0 Å². The number of nitrogens with one attached hydrogen (secondary N) is 2. The smallest absolute Gasteiger partial charge is 0.243 e. The van der Waals surface area contributed by atoms with E-state index in [1.165, 1.54) is 35.6 Å². The van der Waals surface area contributed by atoms with E-state index in [1.807, 2.05) is 7.05 Å². The molecular formula is C13H21N3O4S2. The number of rotatable bonds is 6. The molecule has 124 valence electrons. The van der Waals surface area contributed by atoms with E-state index in [4.69, 9.17) is 0 Å². The zero-order valence-corrected chi connectivity index (χ0v) is 14.2. The van der Waals surface area contributed by atoms with Crippen LogP contribution in [0, 0.1) is 5.92 Å². The number of sulfonamides is 2. The van der Waals surface area contributed by atoms with Crippen LogP contribution >= 0.6 is 0 Å². The summed E-state index contributed by atoms with van der Waals surface area (Å²) in [6.07, 6.45) is 0.826. The van der Waals surface area contributed by atoms with E-state index in [0.29, 0.717) is 19.0 Å². The van der Waals surface area contributed by atoms with Gasteiger partial charge in [0.25, 0.3) is 0 Å². The molecule has 1 saturated heterocycles. The van der Waals surface area contributed by atoms with Crippen LogP contribution < -0.4 is 10.0 Å². The van der Waals surface area contributed by atoms with E-state index in [0.717, 1.165) is 13.0 Å². The van der Waals surface area contributed by atoms with Crippen molar-refractivity contribution >= 4 is 20.0 Å². The molecule has 0 radical (unpaired) electrons. The maximum absolute atomic E-state index is 12.6. The van der Waals surface area contributed by atoms with E-state index in [9.17, 15) is 16.8 Å². The van der Waals surface area contributed by atoms with E-state index >= 15 is 0 Å². The molecule has 22 heavy (non-hydrogen) atoms. The summed E-state index contributed by atoms with van der Waals surface area (Å²) in [5.74, 6) is 0.309. The molecular weight excluding hydrogens is 326 g/mol. The highest BCUT2D eigenvalue weighted by atomic mass is 32.2. The first-order chi connectivity index (χ1) is 10.3. The van der Waals surface area contributed by atoms with Crippen LogP contribution in [-0.4, -0.2) is 54.9 Å². The van der Waals surface area contributed by atoms with Crippen molar-refractivity contribution in [3.8, 4) is 0 Å². The molecule has 0 bridgehead atoms. The predicted octanol–water partition coefficient (Wildman–Crippen LogP) is -0.175. The van der Waals surface area contributed by atoms with Crippen LogP contribution in [0.2, 0.25) is 0 Å². The van der Waals surface area contributed by atoms with Gasteiger partial charge in [-0.3, -0.25) is 0 Å². The Morgan fingerprint density at radius 2 is 1.68 bits per heavy atom. The highest BCUT2D eigenvalue weighted by Gasteiger charge is 2.32. The van der Waals surface area contributed by atoms with Crippen LogP contribution in [0.1, 0.15) is 6.42 Å².